The van der Waals surface area contributed by atoms with Crippen molar-refractivity contribution in [1.29, 1.82) is 0 Å². The van der Waals surface area contributed by atoms with Crippen molar-refractivity contribution >= 4 is 72.1 Å². The summed E-state index contributed by atoms with van der Waals surface area (Å²) >= 11 is 0. The van der Waals surface area contributed by atoms with E-state index in [1.54, 1.807) is 0 Å². The maximum Gasteiger partial charge on any atom is 0.0979 e. The number of aromatic nitrogens is 4. The maximum absolute atomic E-state index is 5.36. The molecule has 8 aromatic carbocycles. The van der Waals surface area contributed by atoms with Crippen molar-refractivity contribution in [3.63, 3.8) is 0 Å². The van der Waals surface area contributed by atoms with Gasteiger partial charge < -0.3 is 0 Å². The molecule has 0 radical (unpaired) electrons. The lowest BCUT2D eigenvalue weighted by Crippen LogP contribution is -2.05. The number of allylic oxidation sites excluding steroid dienone is 6. The molecular formula is C57H38N4. The number of hydrogen-bond donors (Lipinski definition) is 0. The van der Waals surface area contributed by atoms with Crippen LogP contribution in [0.3, 0.4) is 0 Å². The number of fused-ring (bicyclic) bond motifs is 12. The van der Waals surface area contributed by atoms with Crippen LogP contribution in [-0.4, -0.2) is 19.9 Å². The van der Waals surface area contributed by atoms with E-state index in [9.17, 15) is 0 Å². The first kappa shape index (κ1) is 35.2. The summed E-state index contributed by atoms with van der Waals surface area (Å²) in [7, 11) is 0. The van der Waals surface area contributed by atoms with Gasteiger partial charge in [-0.1, -0.05) is 170 Å². The second-order valence-electron chi connectivity index (χ2n) is 16.1. The van der Waals surface area contributed by atoms with E-state index in [-0.39, 0.29) is 5.92 Å². The van der Waals surface area contributed by atoms with Gasteiger partial charge in [0, 0.05) is 39.4 Å². The van der Waals surface area contributed by atoms with Crippen LogP contribution < -0.4 is 0 Å². The number of hydrogen-bond acceptors (Lipinski definition) is 4. The van der Waals surface area contributed by atoms with Crippen LogP contribution in [0.25, 0.3) is 106 Å². The molecule has 0 N–H and O–H groups in total. The second kappa shape index (κ2) is 14.5. The minimum atomic E-state index is 0.119. The lowest BCUT2D eigenvalue weighted by Gasteiger charge is -2.20. The smallest absolute Gasteiger partial charge is 0.0979 e. The molecule has 0 aliphatic heterocycles. The van der Waals surface area contributed by atoms with Gasteiger partial charge in [-0.3, -0.25) is 9.97 Å². The fraction of sp³-hybridized carbons (Fsp3) is 0.0526. The van der Waals surface area contributed by atoms with E-state index in [1.165, 1.54) is 44.0 Å². The summed E-state index contributed by atoms with van der Waals surface area (Å²) in [6.45, 7) is 0. The minimum Gasteiger partial charge on any atom is -0.252 e. The van der Waals surface area contributed by atoms with Crippen LogP contribution >= 0.6 is 0 Å². The number of rotatable bonds is 5. The van der Waals surface area contributed by atoms with Gasteiger partial charge >= 0.3 is 0 Å². The molecule has 10 aromatic rings. The van der Waals surface area contributed by atoms with Gasteiger partial charge in [0.05, 0.1) is 39.7 Å². The number of benzene rings is 8. The third kappa shape index (κ3) is 6.07. The van der Waals surface area contributed by atoms with Gasteiger partial charge in [-0.15, -0.1) is 0 Å². The van der Waals surface area contributed by atoms with Crippen molar-refractivity contribution < 1.29 is 0 Å². The Labute approximate surface area is 353 Å². The summed E-state index contributed by atoms with van der Waals surface area (Å²) in [5.74, 6) is 0.119. The molecule has 2 aromatic heterocycles. The highest BCUT2D eigenvalue weighted by atomic mass is 14.8. The molecule has 286 valence electrons. The predicted octanol–water partition coefficient (Wildman–Crippen LogP) is 14.6. The first-order valence-electron chi connectivity index (χ1n) is 21.0. The maximum atomic E-state index is 5.36. The Balaban J connectivity index is 0.845. The molecule has 2 heterocycles. The molecule has 4 nitrogen and oxygen atoms in total. The Morgan fingerprint density at radius 3 is 1.66 bits per heavy atom. The van der Waals surface area contributed by atoms with Crippen LogP contribution in [0, 0.1) is 0 Å². The van der Waals surface area contributed by atoms with E-state index >= 15 is 0 Å². The molecule has 0 saturated carbocycles. The summed E-state index contributed by atoms with van der Waals surface area (Å²) in [6.07, 6.45) is 21.3. The van der Waals surface area contributed by atoms with Crippen LogP contribution in [0.1, 0.15) is 41.1 Å². The van der Waals surface area contributed by atoms with Crippen LogP contribution in [-0.2, 0) is 0 Å². The lowest BCUT2D eigenvalue weighted by molar-refractivity contribution is 0.826. The summed E-state index contributed by atoms with van der Waals surface area (Å²) in [4.78, 5) is 20.7. The Kier molecular flexibility index (Phi) is 8.34. The standard InChI is InChI=1S/C57H38N4/c1-2-22-46-44-23-4-7-27-48(44)54-56(50(46)26-3-1)60-52(34-58-54)42-20-12-18-40(32-42)38-16-10-14-36(30-38)37-15-11-17-39(31-37)41-19-13-21-43(33-41)53-35-59-55-49-28-8-5-24-45(49)47-25-6-9-29-51(47)57(55)61-53/h2-31,33-35,42H,1,32H2. The molecule has 2 aliphatic rings. The van der Waals surface area contributed by atoms with Crippen LogP contribution in [0.15, 0.2) is 188 Å². The number of nitrogens with zero attached hydrogens (tertiary/aromatic N) is 4. The van der Waals surface area contributed by atoms with E-state index in [2.05, 4.69) is 188 Å². The highest BCUT2D eigenvalue weighted by molar-refractivity contribution is 6.23. The van der Waals surface area contributed by atoms with Crippen LogP contribution in [0.2, 0.25) is 0 Å². The van der Waals surface area contributed by atoms with Crippen LogP contribution in [0.5, 0.6) is 0 Å². The Hall–Kier alpha value is -7.82. The van der Waals surface area contributed by atoms with Gasteiger partial charge in [0.2, 0.25) is 0 Å². The molecular weight excluding hydrogens is 741 g/mol. The van der Waals surface area contributed by atoms with E-state index in [0.29, 0.717) is 0 Å². The van der Waals surface area contributed by atoms with Crippen molar-refractivity contribution in [2.75, 3.05) is 0 Å². The van der Waals surface area contributed by atoms with E-state index in [0.717, 1.165) is 84.7 Å². The minimum absolute atomic E-state index is 0.119. The average molecular weight is 779 g/mol. The molecule has 1 unspecified atom stereocenters. The van der Waals surface area contributed by atoms with Gasteiger partial charge in [0.25, 0.3) is 0 Å². The van der Waals surface area contributed by atoms with Gasteiger partial charge in [0.15, 0.2) is 0 Å². The second-order valence-corrected chi connectivity index (χ2v) is 16.1. The Morgan fingerprint density at radius 1 is 0.426 bits per heavy atom. The third-order valence-electron chi connectivity index (χ3n) is 12.5. The van der Waals surface area contributed by atoms with Gasteiger partial charge in [0.1, 0.15) is 0 Å². The first-order chi connectivity index (χ1) is 30.2. The molecule has 12 rings (SSSR count). The highest BCUT2D eigenvalue weighted by Crippen LogP contribution is 2.39. The summed E-state index contributed by atoms with van der Waals surface area (Å²) in [5.41, 5.74) is 16.2. The van der Waals surface area contributed by atoms with E-state index < -0.39 is 0 Å². The molecule has 0 amide bonds. The van der Waals surface area contributed by atoms with Crippen molar-refractivity contribution in [3.8, 4) is 33.5 Å². The highest BCUT2D eigenvalue weighted by Gasteiger charge is 2.21. The molecule has 0 fully saturated rings. The zero-order valence-electron chi connectivity index (χ0n) is 33.3. The third-order valence-corrected chi connectivity index (χ3v) is 12.5. The van der Waals surface area contributed by atoms with Crippen LogP contribution in [0.4, 0.5) is 0 Å². The zero-order valence-corrected chi connectivity index (χ0v) is 33.3. The lowest BCUT2D eigenvalue weighted by atomic mass is 9.87. The fourth-order valence-corrected chi connectivity index (χ4v) is 9.46. The van der Waals surface area contributed by atoms with E-state index in [4.69, 9.17) is 19.9 Å². The molecule has 61 heavy (non-hydrogen) atoms. The molecule has 4 heteroatoms. The van der Waals surface area contributed by atoms with Crippen molar-refractivity contribution in [2.45, 2.75) is 18.8 Å². The molecule has 0 bridgehead atoms. The van der Waals surface area contributed by atoms with Crippen molar-refractivity contribution in [3.05, 3.63) is 211 Å². The molecule has 0 spiro atoms. The van der Waals surface area contributed by atoms with Crippen molar-refractivity contribution in [1.82, 2.24) is 19.9 Å². The van der Waals surface area contributed by atoms with E-state index in [1.807, 2.05) is 12.4 Å². The summed E-state index contributed by atoms with van der Waals surface area (Å²) < 4.78 is 0. The van der Waals surface area contributed by atoms with Gasteiger partial charge in [-0.25, -0.2) is 9.97 Å². The summed E-state index contributed by atoms with van der Waals surface area (Å²) in [6, 6.07) is 52.0. The molecule has 2 aliphatic carbocycles. The summed E-state index contributed by atoms with van der Waals surface area (Å²) in [5, 5.41) is 7.00. The van der Waals surface area contributed by atoms with Gasteiger partial charge in [-0.2, -0.15) is 0 Å². The normalized spacial score (nSPS) is 14.8. The van der Waals surface area contributed by atoms with Gasteiger partial charge in [-0.05, 0) is 86.2 Å². The quantitative estimate of drug-likeness (QED) is 0.163. The first-order valence-corrected chi connectivity index (χ1v) is 21.0. The van der Waals surface area contributed by atoms with Crippen molar-refractivity contribution in [2.24, 2.45) is 0 Å². The topological polar surface area (TPSA) is 51.6 Å². The predicted molar refractivity (Wildman–Crippen MR) is 255 cm³/mol. The largest absolute Gasteiger partial charge is 0.252 e. The monoisotopic (exact) mass is 778 g/mol. The SMILES string of the molecule is C1=CC(c2cnc3c(n2)c2c(c4ccccc43)C=CCC=C2)CC(c2cccc(-c3cccc(-c4cccc(-c5cnc6c7ccccc7c7ccccc7c6n5)c4)c3)c2)=C1. The fourth-order valence-electron chi connectivity index (χ4n) is 9.46. The zero-order chi connectivity index (χ0) is 40.3. The molecule has 1 atom stereocenters. The Morgan fingerprint density at radius 2 is 0.951 bits per heavy atom. The average Bonchev–Trinajstić information content (AvgIpc) is 3.61. The molecule has 0 saturated heterocycles. The Bertz CT molecular complexity index is 3520.